The fourth-order valence-electron chi connectivity index (χ4n) is 2.44. The Bertz CT molecular complexity index is 773. The molecular weight excluding hydrogens is 262 g/mol. The summed E-state index contributed by atoms with van der Waals surface area (Å²) >= 11 is 0. The molecule has 2 heterocycles. The Balaban J connectivity index is 1.87. The van der Waals surface area contributed by atoms with Gasteiger partial charge in [-0.05, 0) is 37.5 Å². The summed E-state index contributed by atoms with van der Waals surface area (Å²) in [7, 11) is 0. The Labute approximate surface area is 123 Å². The van der Waals surface area contributed by atoms with Gasteiger partial charge >= 0.3 is 0 Å². The second-order valence-electron chi connectivity index (χ2n) is 5.03. The van der Waals surface area contributed by atoms with Crippen molar-refractivity contribution in [3.8, 4) is 5.82 Å². The number of aromatic amines is 1. The molecule has 0 saturated carbocycles. The molecule has 4 heteroatoms. The highest BCUT2D eigenvalue weighted by molar-refractivity contribution is 5.27. The first-order valence-electron chi connectivity index (χ1n) is 7.01. The Hall–Kier alpha value is -2.62. The minimum absolute atomic E-state index is 0.0119. The molecule has 4 nitrogen and oxygen atoms in total. The van der Waals surface area contributed by atoms with Crippen molar-refractivity contribution >= 4 is 0 Å². The molecular formula is C17H17N3O. The number of aromatic nitrogens is 3. The first kappa shape index (κ1) is 13.4. The minimum Gasteiger partial charge on any atom is -0.294 e. The number of nitrogens with zero attached hydrogens (tertiary/aromatic N) is 2. The Morgan fingerprint density at radius 2 is 1.81 bits per heavy atom. The first-order valence-corrected chi connectivity index (χ1v) is 7.01. The molecule has 3 rings (SSSR count). The standard InChI is InChI=1S/C17H17N3O/c1-13-15(11-10-14-7-3-2-4-8-14)17(21)20(19-13)16-9-5-6-12-18-16/h2-9,12,19H,10-11H2,1H3. The van der Waals surface area contributed by atoms with Gasteiger partial charge in [-0.1, -0.05) is 36.4 Å². The van der Waals surface area contributed by atoms with Gasteiger partial charge in [-0.2, -0.15) is 0 Å². The summed E-state index contributed by atoms with van der Waals surface area (Å²) in [5.74, 6) is 0.622. The molecule has 0 amide bonds. The van der Waals surface area contributed by atoms with E-state index in [4.69, 9.17) is 0 Å². The van der Waals surface area contributed by atoms with Crippen LogP contribution in [0.15, 0.2) is 59.5 Å². The van der Waals surface area contributed by atoms with Crippen molar-refractivity contribution in [2.75, 3.05) is 0 Å². The molecule has 0 spiro atoms. The summed E-state index contributed by atoms with van der Waals surface area (Å²) in [6.45, 7) is 1.93. The number of benzene rings is 1. The van der Waals surface area contributed by atoms with Gasteiger partial charge in [0.1, 0.15) is 0 Å². The predicted octanol–water partition coefficient (Wildman–Crippen LogP) is 2.65. The van der Waals surface area contributed by atoms with Gasteiger partial charge in [0.25, 0.3) is 5.56 Å². The number of hydrogen-bond acceptors (Lipinski definition) is 2. The zero-order valence-electron chi connectivity index (χ0n) is 11.9. The van der Waals surface area contributed by atoms with Gasteiger partial charge in [0.2, 0.25) is 0 Å². The normalized spacial score (nSPS) is 10.7. The maximum absolute atomic E-state index is 12.5. The van der Waals surface area contributed by atoms with Crippen molar-refractivity contribution in [2.45, 2.75) is 19.8 Å². The van der Waals surface area contributed by atoms with Crippen LogP contribution < -0.4 is 5.56 Å². The molecule has 2 aromatic heterocycles. The van der Waals surface area contributed by atoms with Crippen LogP contribution in [-0.2, 0) is 12.8 Å². The second-order valence-corrected chi connectivity index (χ2v) is 5.03. The van der Waals surface area contributed by atoms with Gasteiger partial charge in [0.05, 0.1) is 0 Å². The molecule has 0 saturated heterocycles. The van der Waals surface area contributed by atoms with Gasteiger partial charge in [0.15, 0.2) is 5.82 Å². The van der Waals surface area contributed by atoms with E-state index in [1.807, 2.05) is 43.3 Å². The van der Waals surface area contributed by atoms with E-state index >= 15 is 0 Å². The Morgan fingerprint density at radius 3 is 2.52 bits per heavy atom. The monoisotopic (exact) mass is 279 g/mol. The lowest BCUT2D eigenvalue weighted by atomic mass is 10.1. The fourth-order valence-corrected chi connectivity index (χ4v) is 2.44. The fraction of sp³-hybridized carbons (Fsp3) is 0.176. The van der Waals surface area contributed by atoms with E-state index < -0.39 is 0 Å². The number of H-pyrrole nitrogens is 1. The Morgan fingerprint density at radius 1 is 1.05 bits per heavy atom. The lowest BCUT2D eigenvalue weighted by Crippen LogP contribution is -2.18. The smallest absolute Gasteiger partial charge is 0.276 e. The van der Waals surface area contributed by atoms with Crippen LogP contribution in [0.4, 0.5) is 0 Å². The average Bonchev–Trinajstić information content (AvgIpc) is 2.82. The van der Waals surface area contributed by atoms with E-state index in [0.29, 0.717) is 5.82 Å². The number of pyridine rings is 1. The largest absolute Gasteiger partial charge is 0.294 e. The van der Waals surface area contributed by atoms with Crippen molar-refractivity contribution in [2.24, 2.45) is 0 Å². The summed E-state index contributed by atoms with van der Waals surface area (Å²) in [5, 5.41) is 3.11. The predicted molar refractivity (Wildman–Crippen MR) is 82.8 cm³/mol. The zero-order valence-corrected chi connectivity index (χ0v) is 11.9. The molecule has 0 aliphatic carbocycles. The molecule has 0 radical (unpaired) electrons. The van der Waals surface area contributed by atoms with Crippen LogP contribution in [0.3, 0.4) is 0 Å². The number of rotatable bonds is 4. The highest BCUT2D eigenvalue weighted by Crippen LogP contribution is 2.09. The molecule has 0 fully saturated rings. The van der Waals surface area contributed by atoms with Crippen LogP contribution in [0.2, 0.25) is 0 Å². The topological polar surface area (TPSA) is 50.7 Å². The molecule has 3 aromatic rings. The average molecular weight is 279 g/mol. The van der Waals surface area contributed by atoms with Crippen LogP contribution in [0.1, 0.15) is 16.8 Å². The number of aryl methyl sites for hydroxylation is 2. The van der Waals surface area contributed by atoms with Crippen LogP contribution in [0.5, 0.6) is 0 Å². The van der Waals surface area contributed by atoms with Crippen molar-refractivity contribution in [3.05, 3.63) is 81.9 Å². The van der Waals surface area contributed by atoms with E-state index in [1.165, 1.54) is 10.2 Å². The van der Waals surface area contributed by atoms with Crippen LogP contribution in [0.25, 0.3) is 5.82 Å². The molecule has 0 aliphatic heterocycles. The van der Waals surface area contributed by atoms with Crippen LogP contribution >= 0.6 is 0 Å². The van der Waals surface area contributed by atoms with Gasteiger partial charge in [-0.3, -0.25) is 9.89 Å². The summed E-state index contributed by atoms with van der Waals surface area (Å²) in [6, 6.07) is 15.7. The summed E-state index contributed by atoms with van der Waals surface area (Å²) in [5.41, 5.74) is 2.95. The van der Waals surface area contributed by atoms with E-state index in [-0.39, 0.29) is 5.56 Å². The van der Waals surface area contributed by atoms with Crippen LogP contribution in [0, 0.1) is 6.92 Å². The van der Waals surface area contributed by atoms with Crippen molar-refractivity contribution in [1.82, 2.24) is 14.8 Å². The first-order chi connectivity index (χ1) is 10.3. The van der Waals surface area contributed by atoms with E-state index in [9.17, 15) is 4.79 Å². The lowest BCUT2D eigenvalue weighted by molar-refractivity contribution is 0.805. The SMILES string of the molecule is Cc1[nH]n(-c2ccccn2)c(=O)c1CCc1ccccc1. The second kappa shape index (κ2) is 5.79. The van der Waals surface area contributed by atoms with Gasteiger partial charge in [-0.15, -0.1) is 0 Å². The van der Waals surface area contributed by atoms with Crippen molar-refractivity contribution in [3.63, 3.8) is 0 Å². The highest BCUT2D eigenvalue weighted by atomic mass is 16.1. The third kappa shape index (κ3) is 2.79. The summed E-state index contributed by atoms with van der Waals surface area (Å²) in [4.78, 5) is 16.7. The summed E-state index contributed by atoms with van der Waals surface area (Å²) < 4.78 is 1.51. The number of nitrogens with one attached hydrogen (secondary N) is 1. The molecule has 0 atom stereocenters. The van der Waals surface area contributed by atoms with Crippen molar-refractivity contribution in [1.29, 1.82) is 0 Å². The minimum atomic E-state index is -0.0119. The molecule has 21 heavy (non-hydrogen) atoms. The molecule has 1 N–H and O–H groups in total. The van der Waals surface area contributed by atoms with E-state index in [1.54, 1.807) is 6.20 Å². The molecule has 106 valence electrons. The van der Waals surface area contributed by atoms with E-state index in [0.717, 1.165) is 24.1 Å². The number of hydrogen-bond donors (Lipinski definition) is 1. The van der Waals surface area contributed by atoms with Gasteiger partial charge in [0, 0.05) is 17.5 Å². The maximum Gasteiger partial charge on any atom is 0.276 e. The summed E-state index contributed by atoms with van der Waals surface area (Å²) in [6.07, 6.45) is 3.27. The Kier molecular flexibility index (Phi) is 3.69. The molecule has 0 bridgehead atoms. The molecule has 1 aromatic carbocycles. The van der Waals surface area contributed by atoms with Crippen molar-refractivity contribution < 1.29 is 0 Å². The van der Waals surface area contributed by atoms with Gasteiger partial charge < -0.3 is 0 Å². The zero-order chi connectivity index (χ0) is 14.7. The third-order valence-corrected chi connectivity index (χ3v) is 3.58. The molecule has 0 unspecified atom stereocenters. The van der Waals surface area contributed by atoms with E-state index in [2.05, 4.69) is 22.2 Å². The molecule has 0 aliphatic rings. The lowest BCUT2D eigenvalue weighted by Gasteiger charge is -1.99. The van der Waals surface area contributed by atoms with Gasteiger partial charge in [-0.25, -0.2) is 9.67 Å². The third-order valence-electron chi connectivity index (χ3n) is 3.58. The quantitative estimate of drug-likeness (QED) is 0.798. The maximum atomic E-state index is 12.5. The van der Waals surface area contributed by atoms with Crippen LogP contribution in [-0.4, -0.2) is 14.8 Å². The highest BCUT2D eigenvalue weighted by Gasteiger charge is 2.12.